The summed E-state index contributed by atoms with van der Waals surface area (Å²) in [5, 5.41) is 0. The van der Waals surface area contributed by atoms with E-state index >= 15 is 0 Å². The van der Waals surface area contributed by atoms with Gasteiger partial charge < -0.3 is 0 Å². The van der Waals surface area contributed by atoms with Gasteiger partial charge in [-0.15, -0.1) is 0 Å². The Morgan fingerprint density at radius 3 is 2.20 bits per heavy atom. The van der Waals surface area contributed by atoms with Gasteiger partial charge >= 0.3 is 0 Å². The molecule has 0 aliphatic heterocycles. The maximum Gasteiger partial charge on any atom is 0.178 e. The molecule has 10 heavy (non-hydrogen) atoms. The van der Waals surface area contributed by atoms with Crippen LogP contribution in [0.3, 0.4) is 0 Å². The Balaban J connectivity index is 3.78. The second-order valence-corrected chi connectivity index (χ2v) is 1.79. The number of hydrogen-bond donors (Lipinski definition) is 0. The average molecular weight is 136 g/mol. The molecule has 0 unspecified atom stereocenters. The van der Waals surface area contributed by atoms with Crippen molar-refractivity contribution in [3.05, 3.63) is 36.5 Å². The summed E-state index contributed by atoms with van der Waals surface area (Å²) in [6.07, 6.45) is 10.2. The van der Waals surface area contributed by atoms with Gasteiger partial charge in [-0.1, -0.05) is 24.3 Å². The van der Waals surface area contributed by atoms with Crippen LogP contribution >= 0.6 is 0 Å². The third kappa shape index (κ3) is 5.04. The van der Waals surface area contributed by atoms with Crippen molar-refractivity contribution in [1.82, 2.24) is 0 Å². The van der Waals surface area contributed by atoms with Crippen LogP contribution in [0.5, 0.6) is 0 Å². The number of carbonyl (C=O) groups excluding carboxylic acids is 1. The molecule has 0 aromatic rings. The quantitative estimate of drug-likeness (QED) is 0.429. The Hall–Kier alpha value is -1.11. The lowest BCUT2D eigenvalue weighted by molar-refractivity contribution is -0.110. The topological polar surface area (TPSA) is 17.1 Å². The summed E-state index contributed by atoms with van der Waals surface area (Å²) in [6, 6.07) is 0. The molecule has 0 aromatic carbocycles. The smallest absolute Gasteiger partial charge is 0.178 e. The van der Waals surface area contributed by atoms with E-state index in [1.165, 1.54) is 12.2 Å². The first-order valence-corrected chi connectivity index (χ1v) is 3.27. The van der Waals surface area contributed by atoms with Crippen LogP contribution in [0.15, 0.2) is 36.5 Å². The standard InChI is InChI=1S/C9H12O/c1-3-5-6-8-9(10)7-4-2/h3-8H,1-2H3. The van der Waals surface area contributed by atoms with E-state index < -0.39 is 0 Å². The fourth-order valence-corrected chi connectivity index (χ4v) is 0.481. The second kappa shape index (κ2) is 6.02. The van der Waals surface area contributed by atoms with Crippen molar-refractivity contribution >= 4 is 5.78 Å². The molecule has 0 aromatic heterocycles. The summed E-state index contributed by atoms with van der Waals surface area (Å²) in [5.41, 5.74) is 0. The van der Waals surface area contributed by atoms with Crippen molar-refractivity contribution in [2.24, 2.45) is 0 Å². The van der Waals surface area contributed by atoms with Gasteiger partial charge in [0.05, 0.1) is 0 Å². The number of carbonyl (C=O) groups is 1. The van der Waals surface area contributed by atoms with Crippen LogP contribution in [0.2, 0.25) is 0 Å². The molecule has 0 atom stereocenters. The molecule has 0 rings (SSSR count). The van der Waals surface area contributed by atoms with Crippen LogP contribution in [-0.4, -0.2) is 5.78 Å². The molecule has 1 heteroatoms. The minimum Gasteiger partial charge on any atom is -0.290 e. The van der Waals surface area contributed by atoms with Crippen LogP contribution in [-0.2, 0) is 4.79 Å². The summed E-state index contributed by atoms with van der Waals surface area (Å²) in [4.78, 5) is 10.7. The molecule has 0 heterocycles. The van der Waals surface area contributed by atoms with E-state index in [4.69, 9.17) is 0 Å². The zero-order chi connectivity index (χ0) is 7.82. The minimum atomic E-state index is 0.0283. The Bertz CT molecular complexity index is 173. The Morgan fingerprint density at radius 2 is 1.70 bits per heavy atom. The lowest BCUT2D eigenvalue weighted by atomic mass is 10.3. The summed E-state index contributed by atoms with van der Waals surface area (Å²) in [5.74, 6) is 0.0283. The van der Waals surface area contributed by atoms with Gasteiger partial charge in [-0.3, -0.25) is 4.79 Å². The third-order valence-corrected chi connectivity index (χ3v) is 0.895. The van der Waals surface area contributed by atoms with E-state index in [0.717, 1.165) is 0 Å². The van der Waals surface area contributed by atoms with E-state index in [9.17, 15) is 4.79 Å². The van der Waals surface area contributed by atoms with Gasteiger partial charge in [0.25, 0.3) is 0 Å². The van der Waals surface area contributed by atoms with Crippen molar-refractivity contribution in [3.63, 3.8) is 0 Å². The second-order valence-electron chi connectivity index (χ2n) is 1.79. The molecule has 0 saturated carbocycles. The summed E-state index contributed by atoms with van der Waals surface area (Å²) >= 11 is 0. The normalized spacial score (nSPS) is 12.2. The van der Waals surface area contributed by atoms with Crippen molar-refractivity contribution in [3.8, 4) is 0 Å². The van der Waals surface area contributed by atoms with Gasteiger partial charge in [-0.05, 0) is 26.0 Å². The molecule has 54 valence electrons. The first kappa shape index (κ1) is 8.89. The minimum absolute atomic E-state index is 0.0283. The van der Waals surface area contributed by atoms with Gasteiger partial charge in [0.2, 0.25) is 0 Å². The maximum absolute atomic E-state index is 10.7. The highest BCUT2D eigenvalue weighted by Gasteiger charge is 1.81. The van der Waals surface area contributed by atoms with Crippen molar-refractivity contribution in [2.45, 2.75) is 13.8 Å². The highest BCUT2D eigenvalue weighted by Crippen LogP contribution is 1.81. The molecule has 0 fully saturated rings. The first-order valence-electron chi connectivity index (χ1n) is 3.27. The molecule has 0 saturated heterocycles. The molecule has 0 aliphatic carbocycles. The predicted molar refractivity (Wildman–Crippen MR) is 43.8 cm³/mol. The Morgan fingerprint density at radius 1 is 1.00 bits per heavy atom. The van der Waals surface area contributed by atoms with Crippen LogP contribution in [0.1, 0.15) is 13.8 Å². The number of rotatable bonds is 3. The van der Waals surface area contributed by atoms with Gasteiger partial charge in [0.1, 0.15) is 0 Å². The van der Waals surface area contributed by atoms with Crippen molar-refractivity contribution in [1.29, 1.82) is 0 Å². The summed E-state index contributed by atoms with van der Waals surface area (Å²) in [6.45, 7) is 3.73. The lowest BCUT2D eigenvalue weighted by Crippen LogP contribution is -1.82. The number of allylic oxidation sites excluding steroid dienone is 6. The fourth-order valence-electron chi connectivity index (χ4n) is 0.481. The molecule has 0 N–H and O–H groups in total. The van der Waals surface area contributed by atoms with Crippen molar-refractivity contribution < 1.29 is 4.79 Å². The first-order chi connectivity index (χ1) is 4.81. The zero-order valence-electron chi connectivity index (χ0n) is 6.37. The Kier molecular flexibility index (Phi) is 5.35. The molecule has 0 spiro atoms. The van der Waals surface area contributed by atoms with Gasteiger partial charge in [-0.25, -0.2) is 0 Å². The van der Waals surface area contributed by atoms with E-state index in [-0.39, 0.29) is 5.78 Å². The largest absolute Gasteiger partial charge is 0.290 e. The lowest BCUT2D eigenvalue weighted by Gasteiger charge is -1.77. The molecular weight excluding hydrogens is 124 g/mol. The van der Waals surface area contributed by atoms with Crippen LogP contribution in [0.4, 0.5) is 0 Å². The zero-order valence-corrected chi connectivity index (χ0v) is 6.37. The maximum atomic E-state index is 10.7. The number of hydrogen-bond acceptors (Lipinski definition) is 1. The molecule has 0 aliphatic rings. The van der Waals surface area contributed by atoms with Crippen molar-refractivity contribution in [2.75, 3.05) is 0 Å². The SMILES string of the molecule is CC=CC=CC(=O)C=CC. The summed E-state index contributed by atoms with van der Waals surface area (Å²) < 4.78 is 0. The highest BCUT2D eigenvalue weighted by molar-refractivity contribution is 5.99. The summed E-state index contributed by atoms with van der Waals surface area (Å²) in [7, 11) is 0. The van der Waals surface area contributed by atoms with Crippen LogP contribution in [0, 0.1) is 0 Å². The fraction of sp³-hybridized carbons (Fsp3) is 0.222. The molecule has 0 radical (unpaired) electrons. The monoisotopic (exact) mass is 136 g/mol. The van der Waals surface area contributed by atoms with E-state index in [2.05, 4.69) is 0 Å². The molecular formula is C9H12O. The molecule has 1 nitrogen and oxygen atoms in total. The van der Waals surface area contributed by atoms with Gasteiger partial charge in [0, 0.05) is 0 Å². The molecule has 0 bridgehead atoms. The average Bonchev–Trinajstić information content (AvgIpc) is 1.89. The van der Waals surface area contributed by atoms with Gasteiger partial charge in [-0.2, -0.15) is 0 Å². The van der Waals surface area contributed by atoms with Crippen LogP contribution < -0.4 is 0 Å². The number of ketones is 1. The van der Waals surface area contributed by atoms with E-state index in [1.54, 1.807) is 12.2 Å². The van der Waals surface area contributed by atoms with Gasteiger partial charge in [0.15, 0.2) is 5.78 Å². The van der Waals surface area contributed by atoms with Crippen LogP contribution in [0.25, 0.3) is 0 Å². The molecule has 0 amide bonds. The van der Waals surface area contributed by atoms with E-state index in [1.807, 2.05) is 26.0 Å². The predicted octanol–water partition coefficient (Wildman–Crippen LogP) is 2.26. The highest BCUT2D eigenvalue weighted by atomic mass is 16.1. The van der Waals surface area contributed by atoms with E-state index in [0.29, 0.717) is 0 Å². The third-order valence-electron chi connectivity index (χ3n) is 0.895. The Labute approximate surface area is 61.8 Å².